The number of anilines is 1. The third-order valence-electron chi connectivity index (χ3n) is 4.23. The molecule has 0 amide bonds. The van der Waals surface area contributed by atoms with E-state index < -0.39 is 22.2 Å². The monoisotopic (exact) mass is 458 g/mol. The summed E-state index contributed by atoms with van der Waals surface area (Å²) >= 11 is 1.15. The Morgan fingerprint density at radius 2 is 1.97 bits per heavy atom. The molecule has 0 bridgehead atoms. The van der Waals surface area contributed by atoms with Crippen molar-refractivity contribution in [2.45, 2.75) is 11.3 Å². The van der Waals surface area contributed by atoms with Gasteiger partial charge in [-0.3, -0.25) is 9.71 Å². The molecule has 0 fully saturated rings. The van der Waals surface area contributed by atoms with E-state index in [1.54, 1.807) is 17.5 Å². The molecule has 1 N–H and O–H groups in total. The number of alkyl halides is 1. The zero-order chi connectivity index (χ0) is 22.0. The highest BCUT2D eigenvalue weighted by atomic mass is 32.2. The number of halogens is 2. The molecule has 1 atom stereocenters. The van der Waals surface area contributed by atoms with Crippen molar-refractivity contribution in [2.75, 3.05) is 4.72 Å². The topological polar surface area (TPSA) is 105 Å². The molecule has 31 heavy (non-hydrogen) atoms. The predicted molar refractivity (Wildman–Crippen MR) is 111 cm³/mol. The summed E-state index contributed by atoms with van der Waals surface area (Å²) in [6.07, 6.45) is 0.633. The Bertz CT molecular complexity index is 1400. The molecule has 156 valence electrons. The molecule has 7 nitrogen and oxygen atoms in total. The Labute approximate surface area is 179 Å². The molecule has 0 spiro atoms. The first-order valence-electron chi connectivity index (χ1n) is 8.69. The number of ether oxygens (including phenoxy) is 1. The molecule has 0 aliphatic heterocycles. The van der Waals surface area contributed by atoms with Crippen LogP contribution in [0, 0.1) is 17.1 Å². The number of nitrogens with zero attached hydrogens (tertiary/aromatic N) is 3. The number of nitrogens with one attached hydrogen (secondary N) is 1. The molecule has 2 aromatic heterocycles. The van der Waals surface area contributed by atoms with E-state index in [1.807, 2.05) is 0 Å². The van der Waals surface area contributed by atoms with Crippen molar-refractivity contribution in [3.05, 3.63) is 66.1 Å². The standard InChI is InChI=1S/C20H12F2N4O3S2/c21-13-1-3-16(17(10-13)29-18(22)11-23)19-15-4-2-14(9-12(15)5-6-24-19)31(27,28)26-20-25-7-8-30-20/h1-10,18H,(H,25,26). The van der Waals surface area contributed by atoms with Gasteiger partial charge in [0.2, 0.25) is 0 Å². The van der Waals surface area contributed by atoms with Crippen molar-refractivity contribution in [2.24, 2.45) is 0 Å². The van der Waals surface area contributed by atoms with Gasteiger partial charge in [-0.2, -0.15) is 9.65 Å². The number of sulfonamides is 1. The zero-order valence-electron chi connectivity index (χ0n) is 15.5. The lowest BCUT2D eigenvalue weighted by Gasteiger charge is -2.13. The minimum atomic E-state index is -3.87. The summed E-state index contributed by atoms with van der Waals surface area (Å²) in [5.41, 5.74) is 0.566. The van der Waals surface area contributed by atoms with E-state index in [4.69, 9.17) is 10.00 Å². The van der Waals surface area contributed by atoms with Crippen LogP contribution < -0.4 is 9.46 Å². The number of nitriles is 1. The molecule has 4 rings (SSSR count). The third-order valence-corrected chi connectivity index (χ3v) is 6.39. The Morgan fingerprint density at radius 3 is 2.71 bits per heavy atom. The van der Waals surface area contributed by atoms with Crippen LogP contribution in [0.2, 0.25) is 0 Å². The van der Waals surface area contributed by atoms with Crippen molar-refractivity contribution in [3.8, 4) is 23.1 Å². The van der Waals surface area contributed by atoms with Crippen LogP contribution in [0.25, 0.3) is 22.0 Å². The van der Waals surface area contributed by atoms with Gasteiger partial charge in [-0.1, -0.05) is 6.07 Å². The van der Waals surface area contributed by atoms with Crippen LogP contribution in [0.1, 0.15) is 0 Å². The van der Waals surface area contributed by atoms with Crippen molar-refractivity contribution in [1.82, 2.24) is 9.97 Å². The number of rotatable bonds is 6. The maximum Gasteiger partial charge on any atom is 0.326 e. The highest BCUT2D eigenvalue weighted by molar-refractivity contribution is 7.93. The number of thiazole rings is 1. The van der Waals surface area contributed by atoms with Gasteiger partial charge in [0.25, 0.3) is 10.0 Å². The van der Waals surface area contributed by atoms with E-state index >= 15 is 0 Å². The Balaban J connectivity index is 1.79. The second-order valence-electron chi connectivity index (χ2n) is 6.19. The number of aromatic nitrogens is 2. The van der Waals surface area contributed by atoms with Crippen LogP contribution >= 0.6 is 11.3 Å². The molecule has 0 aliphatic carbocycles. The van der Waals surface area contributed by atoms with E-state index in [0.717, 1.165) is 23.5 Å². The number of pyridine rings is 1. The maximum atomic E-state index is 13.7. The summed E-state index contributed by atoms with van der Waals surface area (Å²) in [6.45, 7) is 0. The Morgan fingerprint density at radius 1 is 1.13 bits per heavy atom. The predicted octanol–water partition coefficient (Wildman–Crippen LogP) is 4.50. The van der Waals surface area contributed by atoms with E-state index in [0.29, 0.717) is 16.5 Å². The summed E-state index contributed by atoms with van der Waals surface area (Å²) in [7, 11) is -3.87. The third kappa shape index (κ3) is 4.30. The molecular weight excluding hydrogens is 446 g/mol. The SMILES string of the molecule is N#CC(F)Oc1cc(F)ccc1-c1nccc2cc(S(=O)(=O)Nc3nccs3)ccc12. The van der Waals surface area contributed by atoms with Gasteiger partial charge in [0.15, 0.2) is 5.13 Å². The number of hydrogen-bond acceptors (Lipinski definition) is 7. The van der Waals surface area contributed by atoms with Crippen molar-refractivity contribution in [1.29, 1.82) is 5.26 Å². The largest absolute Gasteiger partial charge is 0.447 e. The van der Waals surface area contributed by atoms with Crippen molar-refractivity contribution in [3.63, 3.8) is 0 Å². The van der Waals surface area contributed by atoms with E-state index in [1.165, 1.54) is 36.7 Å². The first-order valence-corrected chi connectivity index (χ1v) is 11.0. The number of fused-ring (bicyclic) bond motifs is 1. The number of benzene rings is 2. The molecular formula is C20H12F2N4O3S2. The highest BCUT2D eigenvalue weighted by Gasteiger charge is 2.19. The van der Waals surface area contributed by atoms with Gasteiger partial charge in [-0.05, 0) is 35.7 Å². The summed E-state index contributed by atoms with van der Waals surface area (Å²) < 4.78 is 59.8. The van der Waals surface area contributed by atoms with Gasteiger partial charge in [0, 0.05) is 34.8 Å². The molecule has 2 heterocycles. The minimum absolute atomic E-state index is 0.0104. The Kier molecular flexibility index (Phi) is 5.50. The molecule has 1 unspecified atom stereocenters. The fraction of sp³-hybridized carbons (Fsp3) is 0.0500. The van der Waals surface area contributed by atoms with E-state index in [2.05, 4.69) is 14.7 Å². The first kappa shape index (κ1) is 20.6. The minimum Gasteiger partial charge on any atom is -0.447 e. The maximum absolute atomic E-state index is 13.7. The normalized spacial score (nSPS) is 12.3. The van der Waals surface area contributed by atoms with Gasteiger partial charge >= 0.3 is 6.36 Å². The average molecular weight is 458 g/mol. The van der Waals surface area contributed by atoms with Crippen LogP contribution in [0.15, 0.2) is 65.1 Å². The van der Waals surface area contributed by atoms with E-state index in [-0.39, 0.29) is 21.3 Å². The van der Waals surface area contributed by atoms with Crippen LogP contribution in [0.3, 0.4) is 0 Å². The van der Waals surface area contributed by atoms with Crippen LogP contribution in [0.5, 0.6) is 5.75 Å². The lowest BCUT2D eigenvalue weighted by Crippen LogP contribution is -2.12. The quantitative estimate of drug-likeness (QED) is 0.456. The van der Waals surface area contributed by atoms with Gasteiger partial charge in [-0.15, -0.1) is 11.3 Å². The highest BCUT2D eigenvalue weighted by Crippen LogP contribution is 2.35. The smallest absolute Gasteiger partial charge is 0.326 e. The molecule has 2 aromatic carbocycles. The van der Waals surface area contributed by atoms with Gasteiger partial charge in [-0.25, -0.2) is 17.8 Å². The van der Waals surface area contributed by atoms with Crippen molar-refractivity contribution >= 4 is 37.3 Å². The summed E-state index contributed by atoms with van der Waals surface area (Å²) in [6, 6.07) is 10.7. The fourth-order valence-electron chi connectivity index (χ4n) is 2.91. The average Bonchev–Trinajstić information content (AvgIpc) is 3.25. The van der Waals surface area contributed by atoms with Gasteiger partial charge in [0.05, 0.1) is 10.6 Å². The second-order valence-corrected chi connectivity index (χ2v) is 8.77. The molecule has 0 radical (unpaired) electrons. The molecule has 0 saturated heterocycles. The van der Waals surface area contributed by atoms with Crippen LogP contribution in [-0.4, -0.2) is 24.7 Å². The van der Waals surface area contributed by atoms with E-state index in [9.17, 15) is 17.2 Å². The summed E-state index contributed by atoms with van der Waals surface area (Å²) in [4.78, 5) is 8.19. The summed E-state index contributed by atoms with van der Waals surface area (Å²) in [5.74, 6) is -0.873. The molecule has 0 saturated carbocycles. The lowest BCUT2D eigenvalue weighted by molar-refractivity contribution is 0.121. The second kappa shape index (κ2) is 8.25. The first-order chi connectivity index (χ1) is 14.9. The Hall–Kier alpha value is -3.62. The van der Waals surface area contributed by atoms with Crippen LogP contribution in [-0.2, 0) is 10.0 Å². The van der Waals surface area contributed by atoms with Gasteiger partial charge in [0.1, 0.15) is 17.6 Å². The molecule has 4 aromatic rings. The lowest BCUT2D eigenvalue weighted by atomic mass is 10.0. The fourth-order valence-corrected chi connectivity index (χ4v) is 4.74. The summed E-state index contributed by atoms with van der Waals surface area (Å²) in [5, 5.41) is 11.6. The van der Waals surface area contributed by atoms with Crippen LogP contribution in [0.4, 0.5) is 13.9 Å². The molecule has 11 heteroatoms. The zero-order valence-corrected chi connectivity index (χ0v) is 17.1. The molecule has 0 aliphatic rings. The number of hydrogen-bond donors (Lipinski definition) is 1. The van der Waals surface area contributed by atoms with Gasteiger partial charge < -0.3 is 4.74 Å². The van der Waals surface area contributed by atoms with Crippen molar-refractivity contribution < 1.29 is 21.9 Å².